The second-order valence-corrected chi connectivity index (χ2v) is 6.58. The fourth-order valence-electron chi connectivity index (χ4n) is 3.38. The van der Waals surface area contributed by atoms with Gasteiger partial charge in [-0.15, -0.1) is 0 Å². The average molecular weight is 388 g/mol. The minimum atomic E-state index is -0.664. The third kappa shape index (κ3) is 4.69. The molecule has 2 heterocycles. The van der Waals surface area contributed by atoms with Crippen LogP contribution in [0.1, 0.15) is 18.7 Å². The molecule has 0 spiro atoms. The molecule has 1 saturated heterocycles. The predicted molar refractivity (Wildman–Crippen MR) is 103 cm³/mol. The Morgan fingerprint density at radius 2 is 1.79 bits per heavy atom. The first-order chi connectivity index (χ1) is 13.6. The second kappa shape index (κ2) is 9.36. The zero-order valence-corrected chi connectivity index (χ0v) is 15.9. The number of nitrogens with zero attached hydrogens (tertiary/aromatic N) is 2. The Morgan fingerprint density at radius 3 is 2.43 bits per heavy atom. The number of para-hydroxylation sites is 1. The van der Waals surface area contributed by atoms with Crippen LogP contribution in [-0.2, 0) is 9.59 Å². The number of nitrogens with one attached hydrogen (secondary N) is 2. The van der Waals surface area contributed by atoms with E-state index in [1.807, 2.05) is 17.0 Å². The molecular weight excluding hydrogens is 363 g/mol. The van der Waals surface area contributed by atoms with Gasteiger partial charge in [-0.2, -0.15) is 0 Å². The summed E-state index contributed by atoms with van der Waals surface area (Å²) < 4.78 is 19.6. The van der Waals surface area contributed by atoms with Gasteiger partial charge in [-0.05, 0) is 31.2 Å². The lowest BCUT2D eigenvalue weighted by molar-refractivity contribution is -0.139. The zero-order chi connectivity index (χ0) is 19.9. The maximum Gasteiger partial charge on any atom is 0.309 e. The molecule has 28 heavy (non-hydrogen) atoms. The molecule has 8 heteroatoms. The molecule has 0 radical (unpaired) electrons. The molecule has 7 nitrogen and oxygen atoms in total. The maximum atomic E-state index is 14.0. The van der Waals surface area contributed by atoms with Crippen LogP contribution < -0.4 is 15.5 Å². The SMILES string of the molecule is CCNC(=O)C(=O)NC[C@H](c1ccco1)N1CCN(c2ccccc2F)CC1. The summed E-state index contributed by atoms with van der Waals surface area (Å²) in [7, 11) is 0. The monoisotopic (exact) mass is 388 g/mol. The standard InChI is InChI=1S/C20H25FN4O3/c1-2-22-19(26)20(27)23-14-17(18-8-5-13-28-18)25-11-9-24(10-12-25)16-7-4-3-6-15(16)21/h3-8,13,17H,2,9-12,14H2,1H3,(H,22,26)(H,23,27)/t17-/m1/s1. The van der Waals surface area contributed by atoms with Crippen molar-refractivity contribution in [1.82, 2.24) is 15.5 Å². The predicted octanol–water partition coefficient (Wildman–Crippen LogP) is 1.53. The van der Waals surface area contributed by atoms with E-state index in [9.17, 15) is 14.0 Å². The van der Waals surface area contributed by atoms with Crippen molar-refractivity contribution in [2.75, 3.05) is 44.2 Å². The van der Waals surface area contributed by atoms with Crippen molar-refractivity contribution in [2.24, 2.45) is 0 Å². The van der Waals surface area contributed by atoms with E-state index in [4.69, 9.17) is 4.42 Å². The summed E-state index contributed by atoms with van der Waals surface area (Å²) in [6.07, 6.45) is 1.59. The van der Waals surface area contributed by atoms with Gasteiger partial charge in [0.15, 0.2) is 0 Å². The van der Waals surface area contributed by atoms with Gasteiger partial charge < -0.3 is 20.0 Å². The highest BCUT2D eigenvalue weighted by Gasteiger charge is 2.28. The number of piperazine rings is 1. The number of furan rings is 1. The Kier molecular flexibility index (Phi) is 6.65. The Morgan fingerprint density at radius 1 is 1.07 bits per heavy atom. The lowest BCUT2D eigenvalue weighted by Gasteiger charge is -2.39. The van der Waals surface area contributed by atoms with Crippen LogP contribution >= 0.6 is 0 Å². The van der Waals surface area contributed by atoms with Crippen LogP contribution in [0, 0.1) is 5.82 Å². The summed E-state index contributed by atoms with van der Waals surface area (Å²) in [6, 6.07) is 10.2. The zero-order valence-electron chi connectivity index (χ0n) is 15.9. The fraction of sp³-hybridized carbons (Fsp3) is 0.400. The first-order valence-corrected chi connectivity index (χ1v) is 9.43. The number of likely N-dealkylation sites (N-methyl/N-ethyl adjacent to an activating group) is 1. The molecule has 2 aromatic rings. The maximum absolute atomic E-state index is 14.0. The molecule has 2 amide bonds. The third-order valence-corrected chi connectivity index (χ3v) is 4.82. The molecule has 1 fully saturated rings. The normalized spacial score (nSPS) is 15.9. The van der Waals surface area contributed by atoms with Gasteiger partial charge in [0.05, 0.1) is 18.0 Å². The molecule has 0 bridgehead atoms. The number of halogens is 1. The lowest BCUT2D eigenvalue weighted by Crippen LogP contribution is -2.51. The van der Waals surface area contributed by atoms with Gasteiger partial charge in [0.25, 0.3) is 0 Å². The van der Waals surface area contributed by atoms with Crippen molar-refractivity contribution < 1.29 is 18.4 Å². The molecule has 1 aromatic heterocycles. The average Bonchev–Trinajstić information content (AvgIpc) is 3.23. The Balaban J connectivity index is 1.63. The molecule has 2 N–H and O–H groups in total. The van der Waals surface area contributed by atoms with Crippen LogP contribution in [0.25, 0.3) is 0 Å². The molecule has 0 unspecified atom stereocenters. The molecule has 1 atom stereocenters. The van der Waals surface area contributed by atoms with Gasteiger partial charge in [-0.25, -0.2) is 4.39 Å². The van der Waals surface area contributed by atoms with Gasteiger partial charge in [-0.1, -0.05) is 12.1 Å². The number of anilines is 1. The molecule has 0 saturated carbocycles. The molecule has 1 aliphatic heterocycles. The molecule has 0 aliphatic carbocycles. The van der Waals surface area contributed by atoms with Crippen molar-refractivity contribution in [3.05, 3.63) is 54.2 Å². The highest BCUT2D eigenvalue weighted by Crippen LogP contribution is 2.25. The number of carbonyl (C=O) groups excluding carboxylic acids is 2. The lowest BCUT2D eigenvalue weighted by atomic mass is 10.1. The van der Waals surface area contributed by atoms with E-state index in [1.165, 1.54) is 6.07 Å². The number of hydrogen-bond acceptors (Lipinski definition) is 5. The Hall–Kier alpha value is -2.87. The van der Waals surface area contributed by atoms with Gasteiger partial charge in [-0.3, -0.25) is 14.5 Å². The van der Waals surface area contributed by atoms with Crippen LogP contribution in [0.15, 0.2) is 47.1 Å². The highest BCUT2D eigenvalue weighted by molar-refractivity contribution is 6.35. The van der Waals surface area contributed by atoms with Gasteiger partial charge in [0.1, 0.15) is 11.6 Å². The Bertz CT molecular complexity index is 789. The summed E-state index contributed by atoms with van der Waals surface area (Å²) in [5.74, 6) is -0.822. The number of amides is 2. The van der Waals surface area contributed by atoms with E-state index < -0.39 is 11.8 Å². The van der Waals surface area contributed by atoms with E-state index >= 15 is 0 Å². The number of benzene rings is 1. The van der Waals surface area contributed by atoms with Gasteiger partial charge in [0.2, 0.25) is 0 Å². The smallest absolute Gasteiger partial charge is 0.309 e. The number of rotatable bonds is 6. The minimum Gasteiger partial charge on any atom is -0.468 e. The fourth-order valence-corrected chi connectivity index (χ4v) is 3.38. The molecule has 1 aromatic carbocycles. The molecular formula is C20H25FN4O3. The van der Waals surface area contributed by atoms with Crippen molar-refractivity contribution in [3.8, 4) is 0 Å². The van der Waals surface area contributed by atoms with E-state index in [1.54, 1.807) is 31.4 Å². The van der Waals surface area contributed by atoms with Crippen molar-refractivity contribution in [1.29, 1.82) is 0 Å². The van der Waals surface area contributed by atoms with Crippen LogP contribution in [0.4, 0.5) is 10.1 Å². The largest absolute Gasteiger partial charge is 0.468 e. The van der Waals surface area contributed by atoms with Crippen molar-refractivity contribution >= 4 is 17.5 Å². The van der Waals surface area contributed by atoms with Crippen molar-refractivity contribution in [3.63, 3.8) is 0 Å². The first kappa shape index (κ1) is 19.9. The summed E-state index contributed by atoms with van der Waals surface area (Å²) in [4.78, 5) is 27.8. The van der Waals surface area contributed by atoms with Crippen LogP contribution in [0.2, 0.25) is 0 Å². The summed E-state index contributed by atoms with van der Waals surface area (Å²) >= 11 is 0. The molecule has 3 rings (SSSR count). The summed E-state index contributed by atoms with van der Waals surface area (Å²) in [5, 5.41) is 5.16. The second-order valence-electron chi connectivity index (χ2n) is 6.58. The van der Waals surface area contributed by atoms with Gasteiger partial charge in [0, 0.05) is 39.3 Å². The topological polar surface area (TPSA) is 77.8 Å². The minimum absolute atomic E-state index is 0.198. The van der Waals surface area contributed by atoms with Gasteiger partial charge >= 0.3 is 11.8 Å². The first-order valence-electron chi connectivity index (χ1n) is 9.43. The molecule has 150 valence electrons. The third-order valence-electron chi connectivity index (χ3n) is 4.82. The van der Waals surface area contributed by atoms with E-state index in [0.717, 1.165) is 5.76 Å². The van der Waals surface area contributed by atoms with Crippen molar-refractivity contribution in [2.45, 2.75) is 13.0 Å². The van der Waals surface area contributed by atoms with E-state index in [2.05, 4.69) is 15.5 Å². The van der Waals surface area contributed by atoms with E-state index in [0.29, 0.717) is 38.4 Å². The molecule has 1 aliphatic rings. The number of hydrogen-bond donors (Lipinski definition) is 2. The highest BCUT2D eigenvalue weighted by atomic mass is 19.1. The Labute approximate surface area is 163 Å². The quantitative estimate of drug-likeness (QED) is 0.734. The summed E-state index contributed by atoms with van der Waals surface area (Å²) in [5.41, 5.74) is 0.598. The van der Waals surface area contributed by atoms with Crippen LogP contribution in [0.3, 0.4) is 0 Å². The number of carbonyl (C=O) groups is 2. The van der Waals surface area contributed by atoms with E-state index in [-0.39, 0.29) is 18.4 Å². The van der Waals surface area contributed by atoms with Crippen LogP contribution in [0.5, 0.6) is 0 Å². The summed E-state index contributed by atoms with van der Waals surface area (Å²) in [6.45, 7) is 5.07. The van der Waals surface area contributed by atoms with Crippen LogP contribution in [-0.4, -0.2) is 56.0 Å².